The molecule has 1 atom stereocenters. The molecule has 0 aliphatic carbocycles. The molecule has 0 bridgehead atoms. The average Bonchev–Trinajstić information content (AvgIpc) is 3.18. The van der Waals surface area contributed by atoms with Gasteiger partial charge in [0.05, 0.1) is 23.6 Å². The molecule has 1 N–H and O–H groups in total. The third-order valence-electron chi connectivity index (χ3n) is 5.92. The highest BCUT2D eigenvalue weighted by Gasteiger charge is 2.20. The molecule has 0 saturated carbocycles. The van der Waals surface area contributed by atoms with Crippen molar-refractivity contribution >= 4 is 16.9 Å². The zero-order valence-electron chi connectivity index (χ0n) is 19.7. The molecule has 1 unspecified atom stereocenters. The first-order chi connectivity index (χ1) is 16.0. The van der Waals surface area contributed by atoms with E-state index in [1.807, 2.05) is 74.5 Å². The monoisotopic (exact) mass is 441 g/mol. The van der Waals surface area contributed by atoms with Crippen molar-refractivity contribution in [1.29, 1.82) is 0 Å². The maximum atomic E-state index is 12.9. The van der Waals surface area contributed by atoms with Gasteiger partial charge in [-0.1, -0.05) is 62.4 Å². The second-order valence-corrected chi connectivity index (χ2v) is 8.66. The summed E-state index contributed by atoms with van der Waals surface area (Å²) >= 11 is 0. The largest absolute Gasteiger partial charge is 0.491 e. The number of carbonyl (C=O) groups excluding carboxylic acids is 1. The highest BCUT2D eigenvalue weighted by atomic mass is 16.5. The van der Waals surface area contributed by atoms with Crippen LogP contribution in [0.3, 0.4) is 0 Å². The Morgan fingerprint density at radius 3 is 2.45 bits per heavy atom. The van der Waals surface area contributed by atoms with E-state index in [0.29, 0.717) is 24.6 Å². The SMILES string of the molecule is Cc1ccccc1C(=O)NC(C)c1nc2ccccc2n1CCOc1ccccc1C(C)C. The first-order valence-corrected chi connectivity index (χ1v) is 11.5. The van der Waals surface area contributed by atoms with Crippen molar-refractivity contribution in [1.82, 2.24) is 14.9 Å². The molecule has 3 aromatic carbocycles. The van der Waals surface area contributed by atoms with E-state index in [0.717, 1.165) is 28.2 Å². The van der Waals surface area contributed by atoms with Gasteiger partial charge in [-0.15, -0.1) is 0 Å². The van der Waals surface area contributed by atoms with E-state index < -0.39 is 0 Å². The van der Waals surface area contributed by atoms with Crippen LogP contribution in [-0.2, 0) is 6.54 Å². The second-order valence-electron chi connectivity index (χ2n) is 8.66. The molecule has 0 fully saturated rings. The molecule has 0 radical (unpaired) electrons. The smallest absolute Gasteiger partial charge is 0.252 e. The summed E-state index contributed by atoms with van der Waals surface area (Å²) in [6.07, 6.45) is 0. The minimum Gasteiger partial charge on any atom is -0.491 e. The van der Waals surface area contributed by atoms with Gasteiger partial charge in [-0.2, -0.15) is 0 Å². The molecule has 170 valence electrons. The maximum absolute atomic E-state index is 12.9. The maximum Gasteiger partial charge on any atom is 0.252 e. The Balaban J connectivity index is 1.56. The number of benzene rings is 3. The number of imidazole rings is 1. The highest BCUT2D eigenvalue weighted by molar-refractivity contribution is 5.95. The number of hydrogen-bond acceptors (Lipinski definition) is 3. The summed E-state index contributed by atoms with van der Waals surface area (Å²) in [4.78, 5) is 17.7. The van der Waals surface area contributed by atoms with E-state index in [1.165, 1.54) is 5.56 Å². The van der Waals surface area contributed by atoms with E-state index in [2.05, 4.69) is 35.9 Å². The lowest BCUT2D eigenvalue weighted by Crippen LogP contribution is -2.29. The van der Waals surface area contributed by atoms with Gasteiger partial charge in [0, 0.05) is 5.56 Å². The topological polar surface area (TPSA) is 56.2 Å². The molecular weight excluding hydrogens is 410 g/mol. The Labute approximate surface area is 195 Å². The number of ether oxygens (including phenoxy) is 1. The summed E-state index contributed by atoms with van der Waals surface area (Å²) in [7, 11) is 0. The quantitative estimate of drug-likeness (QED) is 0.363. The van der Waals surface area contributed by atoms with E-state index >= 15 is 0 Å². The van der Waals surface area contributed by atoms with E-state index in [9.17, 15) is 4.79 Å². The lowest BCUT2D eigenvalue weighted by atomic mass is 10.0. The van der Waals surface area contributed by atoms with Crippen LogP contribution in [0.15, 0.2) is 72.8 Å². The van der Waals surface area contributed by atoms with Crippen molar-refractivity contribution < 1.29 is 9.53 Å². The molecule has 4 rings (SSSR count). The Hall–Kier alpha value is -3.60. The summed E-state index contributed by atoms with van der Waals surface area (Å²) in [5.41, 5.74) is 4.78. The molecule has 4 aromatic rings. The van der Waals surface area contributed by atoms with Crippen molar-refractivity contribution in [3.05, 3.63) is 95.3 Å². The van der Waals surface area contributed by atoms with Crippen LogP contribution in [0, 0.1) is 6.92 Å². The number of amides is 1. The molecule has 5 nitrogen and oxygen atoms in total. The van der Waals surface area contributed by atoms with Crippen LogP contribution < -0.4 is 10.1 Å². The van der Waals surface area contributed by atoms with Crippen molar-refractivity contribution in [3.63, 3.8) is 0 Å². The van der Waals surface area contributed by atoms with Crippen LogP contribution in [0.25, 0.3) is 11.0 Å². The van der Waals surface area contributed by atoms with E-state index in [4.69, 9.17) is 9.72 Å². The second kappa shape index (κ2) is 9.90. The number of hydrogen-bond donors (Lipinski definition) is 1. The van der Waals surface area contributed by atoms with Crippen LogP contribution >= 0.6 is 0 Å². The molecule has 0 spiro atoms. The van der Waals surface area contributed by atoms with Crippen LogP contribution in [0.5, 0.6) is 5.75 Å². The van der Waals surface area contributed by atoms with E-state index in [1.54, 1.807) is 0 Å². The number of carbonyl (C=O) groups is 1. The van der Waals surface area contributed by atoms with Crippen LogP contribution in [0.1, 0.15) is 60.0 Å². The lowest BCUT2D eigenvalue weighted by Gasteiger charge is -2.18. The van der Waals surface area contributed by atoms with Crippen LogP contribution in [0.2, 0.25) is 0 Å². The number of nitrogens with one attached hydrogen (secondary N) is 1. The molecule has 0 saturated heterocycles. The van der Waals surface area contributed by atoms with Crippen LogP contribution in [0.4, 0.5) is 0 Å². The summed E-state index contributed by atoms with van der Waals surface area (Å²) in [5, 5.41) is 3.12. The molecule has 0 aliphatic heterocycles. The van der Waals surface area contributed by atoms with Gasteiger partial charge in [-0.3, -0.25) is 4.79 Å². The predicted molar refractivity (Wildman–Crippen MR) is 133 cm³/mol. The zero-order valence-corrected chi connectivity index (χ0v) is 19.7. The van der Waals surface area contributed by atoms with Gasteiger partial charge in [0.1, 0.15) is 18.2 Å². The Kier molecular flexibility index (Phi) is 6.78. The van der Waals surface area contributed by atoms with Crippen molar-refractivity contribution in [2.75, 3.05) is 6.61 Å². The Morgan fingerprint density at radius 1 is 0.970 bits per heavy atom. The first kappa shape index (κ1) is 22.6. The predicted octanol–water partition coefficient (Wildman–Crippen LogP) is 6.04. The standard InChI is InChI=1S/C28H31N3O2/c1-19(2)22-12-7-10-16-26(22)33-18-17-31-25-15-9-8-14-24(25)30-27(31)21(4)29-28(32)23-13-6-5-11-20(23)3/h5-16,19,21H,17-18H2,1-4H3,(H,29,32). The minimum atomic E-state index is -0.257. The van der Waals surface area contributed by atoms with Gasteiger partial charge in [0.25, 0.3) is 5.91 Å². The third kappa shape index (κ3) is 4.92. The van der Waals surface area contributed by atoms with Crippen molar-refractivity contribution in [2.45, 2.75) is 46.2 Å². The molecule has 5 heteroatoms. The molecule has 1 heterocycles. The first-order valence-electron chi connectivity index (χ1n) is 11.5. The van der Waals surface area contributed by atoms with Crippen LogP contribution in [-0.4, -0.2) is 22.1 Å². The Morgan fingerprint density at radius 2 is 1.67 bits per heavy atom. The summed E-state index contributed by atoms with van der Waals surface area (Å²) in [6.45, 7) is 9.40. The number of aromatic nitrogens is 2. The third-order valence-corrected chi connectivity index (χ3v) is 5.92. The van der Waals surface area contributed by atoms with Gasteiger partial charge in [-0.25, -0.2) is 4.98 Å². The van der Waals surface area contributed by atoms with Crippen molar-refractivity contribution in [2.24, 2.45) is 0 Å². The normalized spacial score (nSPS) is 12.2. The number of rotatable bonds is 8. The highest BCUT2D eigenvalue weighted by Crippen LogP contribution is 2.26. The van der Waals surface area contributed by atoms with Gasteiger partial charge in [0.2, 0.25) is 0 Å². The lowest BCUT2D eigenvalue weighted by molar-refractivity contribution is 0.0937. The molecule has 1 aromatic heterocycles. The van der Waals surface area contributed by atoms with E-state index in [-0.39, 0.29) is 11.9 Å². The minimum absolute atomic E-state index is 0.0960. The Bertz CT molecular complexity index is 1260. The van der Waals surface area contributed by atoms with Crippen molar-refractivity contribution in [3.8, 4) is 5.75 Å². The molecular formula is C28H31N3O2. The molecule has 0 aliphatic rings. The fourth-order valence-corrected chi connectivity index (χ4v) is 4.16. The van der Waals surface area contributed by atoms with Gasteiger partial charge in [0.15, 0.2) is 0 Å². The number of para-hydroxylation sites is 3. The average molecular weight is 442 g/mol. The fraction of sp³-hybridized carbons (Fsp3) is 0.286. The van der Waals surface area contributed by atoms with Gasteiger partial charge in [-0.05, 0) is 55.2 Å². The summed E-state index contributed by atoms with van der Waals surface area (Å²) in [6, 6.07) is 23.6. The fourth-order valence-electron chi connectivity index (χ4n) is 4.16. The van der Waals surface area contributed by atoms with Gasteiger partial charge < -0.3 is 14.6 Å². The number of aryl methyl sites for hydroxylation is 1. The number of fused-ring (bicyclic) bond motifs is 1. The number of nitrogens with zero attached hydrogens (tertiary/aromatic N) is 2. The summed E-state index contributed by atoms with van der Waals surface area (Å²) < 4.78 is 8.33. The zero-order chi connectivity index (χ0) is 23.4. The summed E-state index contributed by atoms with van der Waals surface area (Å²) in [5.74, 6) is 2.03. The molecule has 1 amide bonds. The molecule has 33 heavy (non-hydrogen) atoms. The van der Waals surface area contributed by atoms with Gasteiger partial charge >= 0.3 is 0 Å².